The number of thiophene rings is 1. The van der Waals surface area contributed by atoms with E-state index in [-0.39, 0.29) is 88.8 Å². The van der Waals surface area contributed by atoms with Crippen LogP contribution in [0.1, 0.15) is 23.3 Å². The summed E-state index contributed by atoms with van der Waals surface area (Å²) in [6.07, 6.45) is 0. The van der Waals surface area contributed by atoms with Crippen LogP contribution in [0, 0.1) is 0 Å². The number of hydrogen-bond acceptors (Lipinski definition) is 4. The number of fused-ring (bicyclic) bond motifs is 6. The minimum Gasteiger partial charge on any atom is -0.309 e. The summed E-state index contributed by atoms with van der Waals surface area (Å²) >= 11 is 0.972. The Morgan fingerprint density at radius 1 is 0.429 bits per heavy atom. The molecule has 11 rings (SSSR count). The van der Waals surface area contributed by atoms with Crippen molar-refractivity contribution >= 4 is 53.3 Å². The summed E-state index contributed by atoms with van der Waals surface area (Å²) in [5, 5.41) is -0.362. The largest absolute Gasteiger partial charge is 0.309 e. The average molecular weight is 750 g/mol. The van der Waals surface area contributed by atoms with Gasteiger partial charge in [-0.15, -0.1) is 11.3 Å². The Morgan fingerprint density at radius 2 is 1.09 bits per heavy atom. The molecule has 0 saturated heterocycles. The molecule has 0 amide bonds. The molecule has 3 heterocycles. The molecule has 262 valence electrons. The molecule has 4 nitrogen and oxygen atoms in total. The van der Waals surface area contributed by atoms with Gasteiger partial charge >= 0.3 is 0 Å². The van der Waals surface area contributed by atoms with Crippen molar-refractivity contribution in [1.82, 2.24) is 19.5 Å². The van der Waals surface area contributed by atoms with E-state index in [0.717, 1.165) is 17.4 Å². The van der Waals surface area contributed by atoms with Gasteiger partial charge in [-0.25, -0.2) is 15.0 Å². The Labute approximate surface area is 351 Å². The number of hydrogen-bond donors (Lipinski definition) is 0. The van der Waals surface area contributed by atoms with Gasteiger partial charge in [0, 0.05) is 58.8 Å². The lowest BCUT2D eigenvalue weighted by atomic mass is 9.98. The molecule has 0 N–H and O–H groups in total. The van der Waals surface area contributed by atoms with Crippen LogP contribution in [0.15, 0.2) is 194 Å². The lowest BCUT2D eigenvalue weighted by Crippen LogP contribution is -2.02. The van der Waals surface area contributed by atoms with E-state index in [2.05, 4.69) is 0 Å². The fraction of sp³-hybridized carbons (Fsp3) is 0. The molecule has 0 aliphatic rings. The van der Waals surface area contributed by atoms with Gasteiger partial charge in [-0.1, -0.05) is 151 Å². The standard InChI is InChI=1S/C51H32N4S/c1-4-15-33(16-5-1)36-27-29-45-42(31-36)38-21-10-12-25-44(38)55(45)46-30-28-37(32-43(46)41-24-14-23-40-39-22-11-13-26-47(39)56-48(40)41)51-53-49(34-17-6-2-7-18-34)52-50(54-51)35-19-8-3-9-20-35/h1-32H/i1D,4D,5D,10D,11D,14D,15D,16D,21D,22D,23D,24D,25D,26D,27D,29D,31D. The Kier molecular flexibility index (Phi) is 4.60. The van der Waals surface area contributed by atoms with E-state index in [1.54, 1.807) is 18.2 Å². The van der Waals surface area contributed by atoms with Gasteiger partial charge in [-0.2, -0.15) is 0 Å². The highest BCUT2D eigenvalue weighted by Gasteiger charge is 2.21. The SMILES string of the molecule is [2H]c1cc([2H])c2sc3c(-c4cc(-c5nc(-c6ccccc6)nc(-c6ccccc6)n5)ccc4-n4c5c([2H])cc([2H])c([2H])c5c5c([2H])c(-c6c([2H])c([2H])c([2H])c([2H])c6[2H])c([2H])c([2H])c54)c([2H])c([2H])c([2H])c3c2c1[2H]. The highest BCUT2D eigenvalue weighted by Crippen LogP contribution is 2.44. The van der Waals surface area contributed by atoms with E-state index in [0.29, 0.717) is 28.3 Å². The van der Waals surface area contributed by atoms with Crippen molar-refractivity contribution in [2.75, 3.05) is 0 Å². The van der Waals surface area contributed by atoms with Crippen molar-refractivity contribution in [1.29, 1.82) is 0 Å². The number of aromatic nitrogens is 4. The van der Waals surface area contributed by atoms with E-state index >= 15 is 0 Å². The number of nitrogens with zero attached hydrogens (tertiary/aromatic N) is 4. The minimum absolute atomic E-state index is 0.00998. The van der Waals surface area contributed by atoms with Crippen molar-refractivity contribution in [3.63, 3.8) is 0 Å². The molecule has 5 heteroatoms. The number of rotatable bonds is 6. The maximum atomic E-state index is 9.75. The average Bonchev–Trinajstić information content (AvgIpc) is 3.97. The van der Waals surface area contributed by atoms with Crippen molar-refractivity contribution in [3.8, 4) is 62.1 Å². The summed E-state index contributed by atoms with van der Waals surface area (Å²) in [7, 11) is 0. The lowest BCUT2D eigenvalue weighted by Gasteiger charge is -2.17. The van der Waals surface area contributed by atoms with Crippen molar-refractivity contribution in [2.24, 2.45) is 0 Å². The van der Waals surface area contributed by atoms with Gasteiger partial charge in [0.25, 0.3) is 0 Å². The van der Waals surface area contributed by atoms with Crippen LogP contribution >= 0.6 is 11.3 Å². The van der Waals surface area contributed by atoms with Crippen molar-refractivity contribution < 1.29 is 23.3 Å². The molecular formula is C51H32N4S. The first kappa shape index (κ1) is 19.4. The van der Waals surface area contributed by atoms with Gasteiger partial charge in [0.05, 0.1) is 40.0 Å². The summed E-state index contributed by atoms with van der Waals surface area (Å²) < 4.78 is 155. The van der Waals surface area contributed by atoms with Gasteiger partial charge in [0.1, 0.15) is 0 Å². The van der Waals surface area contributed by atoms with E-state index in [9.17, 15) is 11.0 Å². The van der Waals surface area contributed by atoms with E-state index in [4.69, 9.17) is 27.3 Å². The van der Waals surface area contributed by atoms with Crippen molar-refractivity contribution in [2.45, 2.75) is 0 Å². The summed E-state index contributed by atoms with van der Waals surface area (Å²) in [5.41, 5.74) is 0.318. The molecule has 11 aromatic rings. The summed E-state index contributed by atoms with van der Waals surface area (Å²) in [6.45, 7) is 0. The molecule has 0 saturated carbocycles. The molecule has 0 unspecified atom stereocenters. The lowest BCUT2D eigenvalue weighted by molar-refractivity contribution is 1.07. The molecule has 0 aliphatic heterocycles. The van der Waals surface area contributed by atoms with Crippen LogP contribution in [-0.2, 0) is 0 Å². The first-order valence-corrected chi connectivity index (χ1v) is 18.2. The maximum absolute atomic E-state index is 9.75. The quantitative estimate of drug-likeness (QED) is 0.170. The molecular weight excluding hydrogens is 701 g/mol. The van der Waals surface area contributed by atoms with Crippen LogP contribution in [0.3, 0.4) is 0 Å². The first-order valence-electron chi connectivity index (χ1n) is 25.9. The van der Waals surface area contributed by atoms with E-state index < -0.39 is 89.7 Å². The van der Waals surface area contributed by atoms with Gasteiger partial charge in [-0.05, 0) is 53.5 Å². The monoisotopic (exact) mass is 749 g/mol. The van der Waals surface area contributed by atoms with Crippen LogP contribution in [0.25, 0.3) is 104 Å². The minimum atomic E-state index is -0.748. The van der Waals surface area contributed by atoms with Gasteiger partial charge in [0.2, 0.25) is 0 Å². The number of benzene rings is 8. The highest BCUT2D eigenvalue weighted by atomic mass is 32.1. The third-order valence-corrected chi connectivity index (χ3v) is 10.5. The van der Waals surface area contributed by atoms with Crippen LogP contribution < -0.4 is 0 Å². The van der Waals surface area contributed by atoms with Gasteiger partial charge in [-0.3, -0.25) is 0 Å². The predicted molar refractivity (Wildman–Crippen MR) is 234 cm³/mol. The second-order valence-corrected chi connectivity index (χ2v) is 13.7. The van der Waals surface area contributed by atoms with E-state index in [1.807, 2.05) is 60.7 Å². The molecule has 0 spiro atoms. The molecule has 8 aromatic carbocycles. The molecule has 0 bridgehead atoms. The molecule has 0 radical (unpaired) electrons. The summed E-state index contributed by atoms with van der Waals surface area (Å²) in [6, 6.07) is 16.2. The molecule has 3 aromatic heterocycles. The second-order valence-electron chi connectivity index (χ2n) is 12.7. The second kappa shape index (κ2) is 13.3. The van der Waals surface area contributed by atoms with Gasteiger partial charge < -0.3 is 4.57 Å². The Morgan fingerprint density at radius 3 is 1.84 bits per heavy atom. The molecule has 0 fully saturated rings. The summed E-state index contributed by atoms with van der Waals surface area (Å²) in [4.78, 5) is 14.7. The van der Waals surface area contributed by atoms with Crippen LogP contribution in [-0.4, -0.2) is 19.5 Å². The van der Waals surface area contributed by atoms with Crippen LogP contribution in [0.5, 0.6) is 0 Å². The van der Waals surface area contributed by atoms with Gasteiger partial charge in [0.15, 0.2) is 17.5 Å². The third kappa shape index (κ3) is 5.40. The zero-order valence-corrected chi connectivity index (χ0v) is 29.7. The smallest absolute Gasteiger partial charge is 0.164 e. The summed E-state index contributed by atoms with van der Waals surface area (Å²) in [5.74, 6) is 0.760. The normalized spacial score (nSPS) is 15.8. The van der Waals surface area contributed by atoms with Crippen LogP contribution in [0.4, 0.5) is 0 Å². The Bertz CT molecular complexity index is 4150. The highest BCUT2D eigenvalue weighted by molar-refractivity contribution is 7.26. The Balaban J connectivity index is 1.33. The van der Waals surface area contributed by atoms with Crippen LogP contribution in [0.2, 0.25) is 0 Å². The predicted octanol–water partition coefficient (Wildman–Crippen LogP) is 13.7. The fourth-order valence-electron chi connectivity index (χ4n) is 6.87. The zero-order chi connectivity index (χ0) is 51.8. The van der Waals surface area contributed by atoms with Crippen molar-refractivity contribution in [3.05, 3.63) is 194 Å². The zero-order valence-electron chi connectivity index (χ0n) is 45.9. The van der Waals surface area contributed by atoms with E-state index in [1.165, 1.54) is 10.6 Å². The topological polar surface area (TPSA) is 43.6 Å². The molecule has 0 aliphatic carbocycles. The Hall–Kier alpha value is -7.21. The first-order chi connectivity index (χ1) is 34.8. The molecule has 0 atom stereocenters. The number of para-hydroxylation sites is 1. The fourth-order valence-corrected chi connectivity index (χ4v) is 7.97. The molecule has 56 heavy (non-hydrogen) atoms. The maximum Gasteiger partial charge on any atom is 0.164 e. The third-order valence-electron chi connectivity index (χ3n) is 9.40.